The topological polar surface area (TPSA) is 80.1 Å². The van der Waals surface area contributed by atoms with Gasteiger partial charge in [-0.25, -0.2) is 0 Å². The number of nitrogens with one attached hydrogen (secondary N) is 2. The molecule has 4 rings (SSSR count). The molecule has 0 aliphatic carbocycles. The van der Waals surface area contributed by atoms with E-state index in [1.54, 1.807) is 18.9 Å². The molecule has 8 heteroatoms. The molecule has 0 spiro atoms. The number of anilines is 1. The van der Waals surface area contributed by atoms with Gasteiger partial charge in [0, 0.05) is 5.10 Å². The Balaban J connectivity index is 2.01. The zero-order valence-electron chi connectivity index (χ0n) is 15.1. The number of aromatic nitrogens is 3. The Hall–Kier alpha value is -3.00. The van der Waals surface area contributed by atoms with Crippen LogP contribution in [-0.2, 0) is 0 Å². The minimum Gasteiger partial charge on any atom is -0.493 e. The first-order valence-electron chi connectivity index (χ1n) is 8.35. The summed E-state index contributed by atoms with van der Waals surface area (Å²) < 4.78 is 12.8. The summed E-state index contributed by atoms with van der Waals surface area (Å²) in [7, 11) is 3.20. The minimum atomic E-state index is -0.423. The Bertz CT molecular complexity index is 1070. The van der Waals surface area contributed by atoms with Gasteiger partial charge in [0.1, 0.15) is 0 Å². The Morgan fingerprint density at radius 2 is 1.93 bits per heavy atom. The normalized spacial score (nSPS) is 14.7. The molecule has 1 aromatic heterocycles. The Kier molecular flexibility index (Phi) is 4.49. The summed E-state index contributed by atoms with van der Waals surface area (Å²) in [5.41, 5.74) is 2.79. The van der Waals surface area contributed by atoms with Crippen LogP contribution < -0.4 is 25.0 Å². The summed E-state index contributed by atoms with van der Waals surface area (Å²) >= 11 is 1.38. The lowest BCUT2D eigenvalue weighted by Crippen LogP contribution is -2.55. The maximum Gasteiger partial charge on any atom is 0.325 e. The molecular formula is C19H19N4O3S+. The third-order valence-corrected chi connectivity index (χ3v) is 5.07. The van der Waals surface area contributed by atoms with E-state index in [-0.39, 0.29) is 5.56 Å². The number of aromatic amines is 1. The van der Waals surface area contributed by atoms with E-state index in [4.69, 9.17) is 9.47 Å². The van der Waals surface area contributed by atoms with E-state index in [0.717, 1.165) is 16.8 Å². The molecule has 2 N–H and O–H groups in total. The lowest BCUT2D eigenvalue weighted by Gasteiger charge is -2.23. The van der Waals surface area contributed by atoms with Gasteiger partial charge in [-0.1, -0.05) is 30.0 Å². The number of rotatable bonds is 4. The number of fused-ring (bicyclic) bond motifs is 3. The molecule has 0 saturated heterocycles. The van der Waals surface area contributed by atoms with Crippen LogP contribution in [0.15, 0.2) is 52.4 Å². The molecule has 138 valence electrons. The van der Waals surface area contributed by atoms with Gasteiger partial charge in [0.2, 0.25) is 5.16 Å². The molecule has 0 saturated carbocycles. The third kappa shape index (κ3) is 2.82. The van der Waals surface area contributed by atoms with E-state index in [1.807, 2.05) is 48.7 Å². The number of hydrogen-bond donors (Lipinski definition) is 2. The number of para-hydroxylation sites is 2. The van der Waals surface area contributed by atoms with E-state index in [2.05, 4.69) is 15.4 Å². The second-order valence-electron chi connectivity index (χ2n) is 5.93. The zero-order valence-corrected chi connectivity index (χ0v) is 16.0. The molecule has 2 aromatic carbocycles. The number of methoxy groups -OCH3 is 2. The zero-order chi connectivity index (χ0) is 19.0. The molecule has 0 fully saturated rings. The van der Waals surface area contributed by atoms with Crippen LogP contribution in [0, 0.1) is 0 Å². The second kappa shape index (κ2) is 6.96. The number of nitrogens with zero attached hydrogens (tertiary/aromatic N) is 2. The van der Waals surface area contributed by atoms with Crippen molar-refractivity contribution in [2.24, 2.45) is 0 Å². The standard InChI is InChI=1S/C19H18N4O3S/c1-25-14-10-6-8-12(16(14)26-2)17-20-13-9-5-4-7-11(13)15-18(24)21-19(27-3)22-23(15)17/h4-10,17H,1-3H3,(H,21,22,24)/p+1/t17-/m0/s1. The number of thioether (sulfide) groups is 1. The molecule has 27 heavy (non-hydrogen) atoms. The molecule has 1 aliphatic rings. The van der Waals surface area contributed by atoms with Crippen LogP contribution in [0.3, 0.4) is 0 Å². The molecule has 0 bridgehead atoms. The van der Waals surface area contributed by atoms with Crippen molar-refractivity contribution in [2.75, 3.05) is 25.8 Å². The lowest BCUT2D eigenvalue weighted by atomic mass is 10.0. The average molecular weight is 383 g/mol. The lowest BCUT2D eigenvalue weighted by molar-refractivity contribution is -0.759. The number of ether oxygens (including phenoxy) is 2. The summed E-state index contributed by atoms with van der Waals surface area (Å²) in [5.74, 6) is 1.22. The van der Waals surface area contributed by atoms with Crippen LogP contribution in [0.25, 0.3) is 11.3 Å². The quantitative estimate of drug-likeness (QED) is 0.532. The predicted octanol–water partition coefficient (Wildman–Crippen LogP) is 2.44. The molecule has 1 atom stereocenters. The first-order chi connectivity index (χ1) is 13.2. The van der Waals surface area contributed by atoms with Gasteiger partial charge in [-0.2, -0.15) is 0 Å². The summed E-state index contributed by atoms with van der Waals surface area (Å²) in [5, 5.41) is 8.66. The molecule has 7 nitrogen and oxygen atoms in total. The minimum absolute atomic E-state index is 0.185. The van der Waals surface area contributed by atoms with Gasteiger partial charge in [0.15, 0.2) is 11.5 Å². The van der Waals surface area contributed by atoms with Crippen molar-refractivity contribution in [3.05, 3.63) is 58.4 Å². The molecular weight excluding hydrogens is 364 g/mol. The van der Waals surface area contributed by atoms with E-state index in [1.165, 1.54) is 11.8 Å². The van der Waals surface area contributed by atoms with Crippen molar-refractivity contribution < 1.29 is 14.2 Å². The van der Waals surface area contributed by atoms with Gasteiger partial charge in [0.25, 0.3) is 6.17 Å². The summed E-state index contributed by atoms with van der Waals surface area (Å²) in [4.78, 5) is 15.7. The second-order valence-corrected chi connectivity index (χ2v) is 6.73. The number of H-pyrrole nitrogens is 1. The van der Waals surface area contributed by atoms with Gasteiger partial charge in [-0.3, -0.25) is 9.78 Å². The van der Waals surface area contributed by atoms with Crippen LogP contribution in [0.2, 0.25) is 0 Å². The van der Waals surface area contributed by atoms with Crippen LogP contribution in [0.5, 0.6) is 11.5 Å². The SMILES string of the molecule is COc1cccc([C@H]2Nc3ccccc3-c3c(=O)[nH]c(SC)n[n+]32)c1OC. The van der Waals surface area contributed by atoms with E-state index >= 15 is 0 Å². The van der Waals surface area contributed by atoms with Gasteiger partial charge in [-0.05, 0) is 35.2 Å². The first kappa shape index (κ1) is 17.4. The van der Waals surface area contributed by atoms with Crippen molar-refractivity contribution >= 4 is 17.4 Å². The molecule has 2 heterocycles. The highest BCUT2D eigenvalue weighted by molar-refractivity contribution is 7.98. The van der Waals surface area contributed by atoms with Crippen LogP contribution >= 0.6 is 11.8 Å². The average Bonchev–Trinajstić information content (AvgIpc) is 2.71. The van der Waals surface area contributed by atoms with Crippen molar-refractivity contribution in [1.29, 1.82) is 0 Å². The largest absolute Gasteiger partial charge is 0.493 e. The molecule has 0 radical (unpaired) electrons. The fraction of sp³-hybridized carbons (Fsp3) is 0.211. The van der Waals surface area contributed by atoms with Crippen molar-refractivity contribution in [3.8, 4) is 22.8 Å². The predicted molar refractivity (Wildman–Crippen MR) is 104 cm³/mol. The van der Waals surface area contributed by atoms with Crippen molar-refractivity contribution in [1.82, 2.24) is 10.1 Å². The fourth-order valence-electron chi connectivity index (χ4n) is 3.32. The number of hydrogen-bond acceptors (Lipinski definition) is 6. The fourth-order valence-corrected chi connectivity index (χ4v) is 3.68. The molecule has 3 aromatic rings. The van der Waals surface area contributed by atoms with Crippen LogP contribution in [0.4, 0.5) is 5.69 Å². The molecule has 0 unspecified atom stereocenters. The Labute approximate surface area is 160 Å². The highest BCUT2D eigenvalue weighted by Gasteiger charge is 2.39. The van der Waals surface area contributed by atoms with Crippen LogP contribution in [0.1, 0.15) is 11.7 Å². The first-order valence-corrected chi connectivity index (χ1v) is 9.57. The maximum atomic E-state index is 12.8. The Morgan fingerprint density at radius 1 is 1.11 bits per heavy atom. The van der Waals surface area contributed by atoms with Crippen molar-refractivity contribution in [2.45, 2.75) is 11.3 Å². The highest BCUT2D eigenvalue weighted by atomic mass is 32.2. The van der Waals surface area contributed by atoms with Gasteiger partial charge in [0.05, 0.1) is 31.0 Å². The van der Waals surface area contributed by atoms with E-state index in [0.29, 0.717) is 22.3 Å². The third-order valence-electron chi connectivity index (χ3n) is 4.50. The van der Waals surface area contributed by atoms with Gasteiger partial charge in [-0.15, -0.1) is 0 Å². The van der Waals surface area contributed by atoms with E-state index in [9.17, 15) is 4.79 Å². The van der Waals surface area contributed by atoms with E-state index < -0.39 is 6.17 Å². The summed E-state index contributed by atoms with van der Waals surface area (Å²) in [6.07, 6.45) is 1.45. The van der Waals surface area contributed by atoms with Crippen molar-refractivity contribution in [3.63, 3.8) is 0 Å². The maximum absolute atomic E-state index is 12.8. The number of benzene rings is 2. The smallest absolute Gasteiger partial charge is 0.325 e. The molecule has 0 amide bonds. The van der Waals surface area contributed by atoms with Gasteiger partial charge >= 0.3 is 11.3 Å². The summed E-state index contributed by atoms with van der Waals surface area (Å²) in [6.45, 7) is 0. The highest BCUT2D eigenvalue weighted by Crippen LogP contribution is 2.38. The van der Waals surface area contributed by atoms with Crippen LogP contribution in [-0.4, -0.2) is 30.6 Å². The Morgan fingerprint density at radius 3 is 2.67 bits per heavy atom. The summed E-state index contributed by atoms with van der Waals surface area (Å²) in [6, 6.07) is 13.3. The monoisotopic (exact) mass is 383 g/mol. The van der Waals surface area contributed by atoms with Gasteiger partial charge < -0.3 is 14.8 Å². The molecule has 1 aliphatic heterocycles.